The molecule has 1 aromatic carbocycles. The maximum atomic E-state index is 12.5. The lowest BCUT2D eigenvalue weighted by molar-refractivity contribution is -0.136. The first-order valence-electron chi connectivity index (χ1n) is 9.27. The topological polar surface area (TPSA) is 79.5 Å². The molecule has 2 amide bonds. The third kappa shape index (κ3) is 4.25. The number of nitrogens with one attached hydrogen (secondary N) is 3. The summed E-state index contributed by atoms with van der Waals surface area (Å²) in [6.07, 6.45) is 5.99. The van der Waals surface area contributed by atoms with Crippen molar-refractivity contribution in [3.8, 4) is 0 Å². The van der Waals surface area contributed by atoms with Crippen molar-refractivity contribution in [2.75, 3.05) is 13.7 Å². The van der Waals surface area contributed by atoms with E-state index in [1.165, 1.54) is 26.4 Å². The predicted octanol–water partition coefficient (Wildman–Crippen LogP) is 2.70. The number of carbonyl (C=O) groups excluding carboxylic acids is 2. The van der Waals surface area contributed by atoms with Gasteiger partial charge < -0.3 is 20.7 Å². The zero-order chi connectivity index (χ0) is 18.5. The monoisotopic (exact) mass is 357 g/mol. The molecule has 1 heterocycles. The lowest BCUT2D eigenvalue weighted by atomic mass is 9.93. The highest BCUT2D eigenvalue weighted by Gasteiger charge is 2.33. The molecule has 0 aromatic heterocycles. The van der Waals surface area contributed by atoms with Crippen molar-refractivity contribution in [3.63, 3.8) is 0 Å². The molecule has 3 N–H and O–H groups in total. The van der Waals surface area contributed by atoms with Gasteiger partial charge in [0.15, 0.2) is 0 Å². The maximum absolute atomic E-state index is 12.5. The number of amides is 2. The zero-order valence-corrected chi connectivity index (χ0v) is 15.4. The van der Waals surface area contributed by atoms with Crippen LogP contribution in [0.25, 0.3) is 0 Å². The Hall–Kier alpha value is -2.34. The highest BCUT2D eigenvalue weighted by Crippen LogP contribution is 2.28. The molecule has 0 saturated heterocycles. The molecular weight excluding hydrogens is 330 g/mol. The predicted molar refractivity (Wildman–Crippen MR) is 99.5 cm³/mol. The van der Waals surface area contributed by atoms with Crippen LogP contribution in [0.3, 0.4) is 0 Å². The van der Waals surface area contributed by atoms with Gasteiger partial charge in [-0.3, -0.25) is 0 Å². The second-order valence-electron chi connectivity index (χ2n) is 7.04. The number of ether oxygens (including phenoxy) is 1. The number of hydrogen-bond acceptors (Lipinski definition) is 4. The van der Waals surface area contributed by atoms with Crippen molar-refractivity contribution in [3.05, 3.63) is 46.7 Å². The van der Waals surface area contributed by atoms with Crippen LogP contribution in [-0.2, 0) is 9.53 Å². The van der Waals surface area contributed by atoms with Crippen molar-refractivity contribution in [2.24, 2.45) is 0 Å². The van der Waals surface area contributed by atoms with Gasteiger partial charge in [-0.2, -0.15) is 0 Å². The Balaban J connectivity index is 1.88. The molecule has 140 valence electrons. The van der Waals surface area contributed by atoms with Crippen molar-refractivity contribution in [2.45, 2.75) is 51.1 Å². The Bertz CT molecular complexity index is 691. The average molecular weight is 357 g/mol. The third-order valence-corrected chi connectivity index (χ3v) is 5.14. The molecule has 1 aromatic rings. The summed E-state index contributed by atoms with van der Waals surface area (Å²) >= 11 is 0. The molecule has 1 aliphatic heterocycles. The largest absolute Gasteiger partial charge is 0.466 e. The minimum atomic E-state index is -0.514. The summed E-state index contributed by atoms with van der Waals surface area (Å²) in [6, 6.07) is 7.42. The molecule has 6 heteroatoms. The first-order valence-corrected chi connectivity index (χ1v) is 9.27. The Morgan fingerprint density at radius 1 is 1.19 bits per heavy atom. The van der Waals surface area contributed by atoms with Crippen molar-refractivity contribution in [1.29, 1.82) is 0 Å². The van der Waals surface area contributed by atoms with Crippen LogP contribution in [-0.4, -0.2) is 31.7 Å². The molecule has 6 nitrogen and oxygen atoms in total. The molecule has 3 rings (SSSR count). The van der Waals surface area contributed by atoms with Crippen LogP contribution < -0.4 is 16.0 Å². The van der Waals surface area contributed by atoms with Crippen LogP contribution in [0.4, 0.5) is 4.79 Å². The fourth-order valence-corrected chi connectivity index (χ4v) is 3.67. The standard InChI is InChI=1S/C20H27N3O3/c1-13-8-10-14(11-9-13)18-17(19(24)26-2)16(22-20(25)23-18)12-21-15-6-4-3-5-7-15/h8-11,15,18,21H,3-7,12H2,1-2H3,(H2,22,23,25)/t18-/m0/s1. The highest BCUT2D eigenvalue weighted by molar-refractivity contribution is 5.95. The van der Waals surface area contributed by atoms with Gasteiger partial charge in [0.05, 0.1) is 18.7 Å². The fourth-order valence-electron chi connectivity index (χ4n) is 3.67. The van der Waals surface area contributed by atoms with Crippen LogP contribution >= 0.6 is 0 Å². The van der Waals surface area contributed by atoms with Gasteiger partial charge >= 0.3 is 12.0 Å². The van der Waals surface area contributed by atoms with E-state index < -0.39 is 12.0 Å². The first kappa shape index (κ1) is 18.5. The van der Waals surface area contributed by atoms with Crippen LogP contribution in [0, 0.1) is 6.92 Å². The number of aryl methyl sites for hydroxylation is 1. The van der Waals surface area contributed by atoms with Gasteiger partial charge in [-0.25, -0.2) is 9.59 Å². The number of carbonyl (C=O) groups is 2. The van der Waals surface area contributed by atoms with Gasteiger partial charge in [0, 0.05) is 18.3 Å². The molecule has 0 spiro atoms. The Morgan fingerprint density at radius 3 is 2.54 bits per heavy atom. The average Bonchev–Trinajstić information content (AvgIpc) is 2.66. The molecule has 0 bridgehead atoms. The number of benzene rings is 1. The molecule has 1 aliphatic carbocycles. The van der Waals surface area contributed by atoms with Crippen molar-refractivity contribution in [1.82, 2.24) is 16.0 Å². The number of hydrogen-bond donors (Lipinski definition) is 3. The summed E-state index contributed by atoms with van der Waals surface area (Å²) in [4.78, 5) is 24.7. The SMILES string of the molecule is COC(=O)C1=C(CNC2CCCCC2)NC(=O)N[C@H]1c1ccc(C)cc1. The van der Waals surface area contributed by atoms with E-state index >= 15 is 0 Å². The number of esters is 1. The van der Waals surface area contributed by atoms with Crippen LogP contribution in [0.15, 0.2) is 35.5 Å². The molecule has 2 aliphatic rings. The molecule has 26 heavy (non-hydrogen) atoms. The second-order valence-corrected chi connectivity index (χ2v) is 7.04. The molecule has 0 unspecified atom stereocenters. The van der Waals surface area contributed by atoms with E-state index in [2.05, 4.69) is 16.0 Å². The minimum Gasteiger partial charge on any atom is -0.466 e. The maximum Gasteiger partial charge on any atom is 0.338 e. The van der Waals surface area contributed by atoms with Crippen LogP contribution in [0.1, 0.15) is 49.3 Å². The fraction of sp³-hybridized carbons (Fsp3) is 0.500. The van der Waals surface area contributed by atoms with Crippen molar-refractivity contribution >= 4 is 12.0 Å². The number of rotatable bonds is 5. The summed E-state index contributed by atoms with van der Waals surface area (Å²) in [7, 11) is 1.37. The summed E-state index contributed by atoms with van der Waals surface area (Å²) in [5, 5.41) is 9.14. The summed E-state index contributed by atoms with van der Waals surface area (Å²) < 4.78 is 5.01. The van der Waals surface area contributed by atoms with Gasteiger partial charge in [0.1, 0.15) is 0 Å². The first-order chi connectivity index (χ1) is 12.6. The van der Waals surface area contributed by atoms with E-state index in [-0.39, 0.29) is 6.03 Å². The van der Waals surface area contributed by atoms with E-state index in [4.69, 9.17) is 4.74 Å². The lowest BCUT2D eigenvalue weighted by Gasteiger charge is -2.31. The lowest BCUT2D eigenvalue weighted by Crippen LogP contribution is -2.48. The molecule has 1 atom stereocenters. The van der Waals surface area contributed by atoms with Crippen LogP contribution in [0.5, 0.6) is 0 Å². The van der Waals surface area contributed by atoms with E-state index in [1.807, 2.05) is 31.2 Å². The van der Waals surface area contributed by atoms with Gasteiger partial charge in [-0.1, -0.05) is 49.1 Å². The second kappa shape index (κ2) is 8.36. The number of methoxy groups -OCH3 is 1. The third-order valence-electron chi connectivity index (χ3n) is 5.14. The smallest absolute Gasteiger partial charge is 0.338 e. The molecular formula is C20H27N3O3. The van der Waals surface area contributed by atoms with Crippen molar-refractivity contribution < 1.29 is 14.3 Å². The zero-order valence-electron chi connectivity index (χ0n) is 15.4. The normalized spacial score (nSPS) is 21.2. The van der Waals surface area contributed by atoms with Gasteiger partial charge in [0.2, 0.25) is 0 Å². The quantitative estimate of drug-likeness (QED) is 0.708. The molecule has 1 fully saturated rings. The molecule has 1 saturated carbocycles. The minimum absolute atomic E-state index is 0.302. The number of urea groups is 1. The Morgan fingerprint density at radius 2 is 1.88 bits per heavy atom. The van der Waals surface area contributed by atoms with E-state index in [1.54, 1.807) is 0 Å². The van der Waals surface area contributed by atoms with E-state index in [0.29, 0.717) is 23.9 Å². The summed E-state index contributed by atoms with van der Waals surface area (Å²) in [5.74, 6) is -0.427. The summed E-state index contributed by atoms with van der Waals surface area (Å²) in [6.45, 7) is 2.45. The summed E-state index contributed by atoms with van der Waals surface area (Å²) in [5.41, 5.74) is 3.04. The highest BCUT2D eigenvalue weighted by atomic mass is 16.5. The van der Waals surface area contributed by atoms with Gasteiger partial charge in [0.25, 0.3) is 0 Å². The van der Waals surface area contributed by atoms with E-state index in [0.717, 1.165) is 24.0 Å². The van der Waals surface area contributed by atoms with Crippen LogP contribution in [0.2, 0.25) is 0 Å². The van der Waals surface area contributed by atoms with Gasteiger partial charge in [-0.15, -0.1) is 0 Å². The molecule has 0 radical (unpaired) electrons. The Labute approximate surface area is 154 Å². The Kier molecular flexibility index (Phi) is 5.93. The van der Waals surface area contributed by atoms with E-state index in [9.17, 15) is 9.59 Å². The van der Waals surface area contributed by atoms with Gasteiger partial charge in [-0.05, 0) is 25.3 Å².